The Morgan fingerprint density at radius 1 is 1.48 bits per heavy atom. The lowest BCUT2D eigenvalue weighted by atomic mass is 9.95. The minimum atomic E-state index is -0.0486. The number of nitrogens with one attached hydrogen (secondary N) is 1. The van der Waals surface area contributed by atoms with Gasteiger partial charge in [-0.25, -0.2) is 9.78 Å². The number of carbonyl (C=O) groups is 1. The quantitative estimate of drug-likeness (QED) is 0.782. The van der Waals surface area contributed by atoms with Gasteiger partial charge in [-0.2, -0.15) is 4.98 Å². The maximum absolute atomic E-state index is 12.2. The summed E-state index contributed by atoms with van der Waals surface area (Å²) in [5.41, 5.74) is 0.584. The third kappa shape index (κ3) is 4.72. The number of piperidine rings is 1. The molecule has 0 unspecified atom stereocenters. The third-order valence-corrected chi connectivity index (χ3v) is 4.11. The lowest BCUT2D eigenvalue weighted by Crippen LogP contribution is -2.46. The molecule has 0 bridgehead atoms. The van der Waals surface area contributed by atoms with Crippen LogP contribution in [0.25, 0.3) is 11.5 Å². The Balaban J connectivity index is 1.54. The largest absolute Gasteiger partial charge is 0.383 e. The second-order valence-electron chi connectivity index (χ2n) is 5.99. The highest BCUT2D eigenvalue weighted by atomic mass is 16.5. The maximum Gasteiger partial charge on any atom is 0.317 e. The normalized spacial score (nSPS) is 17.5. The topological polar surface area (TPSA) is 106 Å². The fraction of sp³-hybridized carbons (Fsp3) is 0.562. The molecule has 1 N–H and O–H groups in total. The number of urea groups is 1. The molecular weight excluding hydrogens is 324 g/mol. The van der Waals surface area contributed by atoms with Crippen molar-refractivity contribution in [2.75, 3.05) is 33.4 Å². The zero-order valence-electron chi connectivity index (χ0n) is 14.2. The monoisotopic (exact) mass is 346 g/mol. The summed E-state index contributed by atoms with van der Waals surface area (Å²) in [6.45, 7) is 2.48. The van der Waals surface area contributed by atoms with Crippen LogP contribution in [-0.2, 0) is 11.2 Å². The average Bonchev–Trinajstić information content (AvgIpc) is 3.11. The lowest BCUT2D eigenvalue weighted by Gasteiger charge is -2.32. The van der Waals surface area contributed by atoms with E-state index in [4.69, 9.17) is 9.26 Å². The molecule has 2 amide bonds. The van der Waals surface area contributed by atoms with Crippen LogP contribution in [0.15, 0.2) is 23.1 Å². The van der Waals surface area contributed by atoms with E-state index in [1.165, 1.54) is 0 Å². The van der Waals surface area contributed by atoms with Gasteiger partial charge in [0.15, 0.2) is 0 Å². The first-order chi connectivity index (χ1) is 12.3. The molecule has 3 heterocycles. The van der Waals surface area contributed by atoms with Gasteiger partial charge in [0.1, 0.15) is 5.69 Å². The molecule has 1 saturated heterocycles. The molecule has 2 aromatic heterocycles. The SMILES string of the molecule is COCCNC(=O)N1CCC[C@@H](Cc2nc(-c3cnccn3)no2)C1. The lowest BCUT2D eigenvalue weighted by molar-refractivity contribution is 0.154. The van der Waals surface area contributed by atoms with E-state index in [9.17, 15) is 4.79 Å². The Kier molecular flexibility index (Phi) is 5.89. The number of ether oxygens (including phenoxy) is 1. The highest BCUT2D eigenvalue weighted by Gasteiger charge is 2.25. The molecule has 0 radical (unpaired) electrons. The van der Waals surface area contributed by atoms with Gasteiger partial charge in [-0.05, 0) is 18.8 Å². The number of nitrogens with zero attached hydrogens (tertiary/aromatic N) is 5. The predicted octanol–water partition coefficient (Wildman–Crippen LogP) is 1.14. The fourth-order valence-electron chi connectivity index (χ4n) is 2.89. The Morgan fingerprint density at radius 3 is 3.20 bits per heavy atom. The van der Waals surface area contributed by atoms with Gasteiger partial charge in [-0.15, -0.1) is 0 Å². The molecule has 1 atom stereocenters. The van der Waals surface area contributed by atoms with Crippen molar-refractivity contribution in [2.45, 2.75) is 19.3 Å². The summed E-state index contributed by atoms with van der Waals surface area (Å²) in [5, 5.41) is 6.82. The van der Waals surface area contributed by atoms with Gasteiger partial charge < -0.3 is 19.5 Å². The van der Waals surface area contributed by atoms with E-state index in [-0.39, 0.29) is 6.03 Å². The molecule has 0 aromatic carbocycles. The summed E-state index contributed by atoms with van der Waals surface area (Å²) in [5.74, 6) is 1.30. The minimum absolute atomic E-state index is 0.0486. The molecule has 1 fully saturated rings. The third-order valence-electron chi connectivity index (χ3n) is 4.11. The molecule has 0 spiro atoms. The number of rotatable bonds is 6. The predicted molar refractivity (Wildman–Crippen MR) is 88.6 cm³/mol. The fourth-order valence-corrected chi connectivity index (χ4v) is 2.89. The van der Waals surface area contributed by atoms with Crippen molar-refractivity contribution in [3.05, 3.63) is 24.5 Å². The standard InChI is InChI=1S/C16H22N6O3/c1-24-8-6-19-16(23)22-7-2-3-12(11-22)9-14-20-15(21-25-14)13-10-17-4-5-18-13/h4-5,10,12H,2-3,6-9,11H2,1H3,(H,19,23)/t12-/m0/s1. The van der Waals surface area contributed by atoms with Crippen LogP contribution in [0.2, 0.25) is 0 Å². The summed E-state index contributed by atoms with van der Waals surface area (Å²) in [4.78, 5) is 26.5. The molecule has 25 heavy (non-hydrogen) atoms. The summed E-state index contributed by atoms with van der Waals surface area (Å²) in [6, 6.07) is -0.0486. The van der Waals surface area contributed by atoms with Gasteiger partial charge in [0.05, 0.1) is 12.8 Å². The molecule has 0 saturated carbocycles. The molecule has 1 aliphatic rings. The minimum Gasteiger partial charge on any atom is -0.383 e. The Bertz CT molecular complexity index is 678. The van der Waals surface area contributed by atoms with Gasteiger partial charge in [-0.3, -0.25) is 4.98 Å². The van der Waals surface area contributed by atoms with E-state index in [2.05, 4.69) is 25.4 Å². The van der Waals surface area contributed by atoms with Crippen LogP contribution >= 0.6 is 0 Å². The van der Waals surface area contributed by atoms with E-state index < -0.39 is 0 Å². The zero-order chi connectivity index (χ0) is 17.5. The second-order valence-corrected chi connectivity index (χ2v) is 5.99. The maximum atomic E-state index is 12.2. The molecule has 134 valence electrons. The van der Waals surface area contributed by atoms with Crippen molar-refractivity contribution in [1.82, 2.24) is 30.3 Å². The van der Waals surface area contributed by atoms with Crippen LogP contribution in [0.3, 0.4) is 0 Å². The van der Waals surface area contributed by atoms with Crippen molar-refractivity contribution in [3.63, 3.8) is 0 Å². The molecule has 1 aliphatic heterocycles. The Labute approximate surface area is 145 Å². The Morgan fingerprint density at radius 2 is 2.40 bits per heavy atom. The number of carbonyl (C=O) groups excluding carboxylic acids is 1. The van der Waals surface area contributed by atoms with E-state index in [0.717, 1.165) is 19.4 Å². The van der Waals surface area contributed by atoms with Crippen molar-refractivity contribution in [3.8, 4) is 11.5 Å². The van der Waals surface area contributed by atoms with E-state index >= 15 is 0 Å². The molecule has 3 rings (SSSR count). The van der Waals surface area contributed by atoms with Crippen LogP contribution in [-0.4, -0.2) is 64.4 Å². The van der Waals surface area contributed by atoms with Crippen molar-refractivity contribution < 1.29 is 14.1 Å². The zero-order valence-corrected chi connectivity index (χ0v) is 14.2. The molecule has 9 heteroatoms. The van der Waals surface area contributed by atoms with E-state index in [1.807, 2.05) is 4.90 Å². The highest BCUT2D eigenvalue weighted by molar-refractivity contribution is 5.74. The molecule has 2 aromatic rings. The first-order valence-electron chi connectivity index (χ1n) is 8.37. The first kappa shape index (κ1) is 17.3. The van der Waals surface area contributed by atoms with E-state index in [0.29, 0.717) is 49.4 Å². The van der Waals surface area contributed by atoms with Crippen molar-refractivity contribution in [2.24, 2.45) is 5.92 Å². The van der Waals surface area contributed by atoms with Crippen LogP contribution < -0.4 is 5.32 Å². The van der Waals surface area contributed by atoms with Gasteiger partial charge in [0.25, 0.3) is 0 Å². The van der Waals surface area contributed by atoms with Crippen LogP contribution in [0, 0.1) is 5.92 Å². The summed E-state index contributed by atoms with van der Waals surface area (Å²) < 4.78 is 10.3. The van der Waals surface area contributed by atoms with Crippen molar-refractivity contribution >= 4 is 6.03 Å². The van der Waals surface area contributed by atoms with E-state index in [1.54, 1.807) is 25.7 Å². The highest BCUT2D eigenvalue weighted by Crippen LogP contribution is 2.21. The number of hydrogen-bond acceptors (Lipinski definition) is 7. The van der Waals surface area contributed by atoms with Crippen LogP contribution in [0.1, 0.15) is 18.7 Å². The van der Waals surface area contributed by atoms with Crippen molar-refractivity contribution in [1.29, 1.82) is 0 Å². The number of aromatic nitrogens is 4. The van der Waals surface area contributed by atoms with Gasteiger partial charge in [0.2, 0.25) is 11.7 Å². The number of hydrogen-bond donors (Lipinski definition) is 1. The van der Waals surface area contributed by atoms with Gasteiger partial charge >= 0.3 is 6.03 Å². The average molecular weight is 346 g/mol. The Hall–Kier alpha value is -2.55. The molecule has 9 nitrogen and oxygen atoms in total. The molecule has 0 aliphatic carbocycles. The summed E-state index contributed by atoms with van der Waals surface area (Å²) in [6.07, 6.45) is 7.43. The van der Waals surface area contributed by atoms with Crippen LogP contribution in [0.5, 0.6) is 0 Å². The second kappa shape index (κ2) is 8.52. The van der Waals surface area contributed by atoms with Gasteiger partial charge in [-0.1, -0.05) is 5.16 Å². The van der Waals surface area contributed by atoms with Gasteiger partial charge in [0, 0.05) is 45.6 Å². The van der Waals surface area contributed by atoms with Crippen LogP contribution in [0.4, 0.5) is 4.79 Å². The number of amides is 2. The number of likely N-dealkylation sites (tertiary alicyclic amines) is 1. The smallest absolute Gasteiger partial charge is 0.317 e. The summed E-state index contributed by atoms with van der Waals surface area (Å²) >= 11 is 0. The number of methoxy groups -OCH3 is 1. The molecular formula is C16H22N6O3. The first-order valence-corrected chi connectivity index (χ1v) is 8.37. The summed E-state index contributed by atoms with van der Waals surface area (Å²) in [7, 11) is 1.61.